The standard InChI is InChI=1S/C31H41N5O2Si/c1-21-8-7-9-25(22(21)2)30-28(37-3)18-27-31(34-30)29(35-36(27)20-38-16-17-39(4,5)6)24-10-11-26(33-19-24)23-12-14-32-15-13-23/h7-11,18-19,23,32H,12-17,20H2,1-6H3. The molecule has 1 aromatic carbocycles. The van der Waals surface area contributed by atoms with Gasteiger partial charge in [-0.2, -0.15) is 5.10 Å². The summed E-state index contributed by atoms with van der Waals surface area (Å²) in [6.07, 6.45) is 4.21. The van der Waals surface area contributed by atoms with Crippen molar-refractivity contribution in [1.82, 2.24) is 25.1 Å². The minimum Gasteiger partial charge on any atom is -0.494 e. The SMILES string of the molecule is COc1cc2c(nc1-c1cccc(C)c1C)c(-c1ccc(C3CCNCC3)nc1)nn2COCC[Si](C)(C)C. The fourth-order valence-electron chi connectivity index (χ4n) is 5.16. The molecule has 39 heavy (non-hydrogen) atoms. The number of rotatable bonds is 9. The molecule has 0 unspecified atom stereocenters. The first-order valence-electron chi connectivity index (χ1n) is 14.0. The van der Waals surface area contributed by atoms with Gasteiger partial charge in [-0.05, 0) is 69.1 Å². The number of pyridine rings is 2. The van der Waals surface area contributed by atoms with Gasteiger partial charge >= 0.3 is 0 Å². The van der Waals surface area contributed by atoms with Crippen molar-refractivity contribution < 1.29 is 9.47 Å². The average Bonchev–Trinajstić information content (AvgIpc) is 3.29. The summed E-state index contributed by atoms with van der Waals surface area (Å²) >= 11 is 0. The van der Waals surface area contributed by atoms with Gasteiger partial charge in [0.1, 0.15) is 29.4 Å². The maximum atomic E-state index is 6.12. The van der Waals surface area contributed by atoms with Crippen LogP contribution >= 0.6 is 0 Å². The predicted octanol–water partition coefficient (Wildman–Crippen LogP) is 6.57. The summed E-state index contributed by atoms with van der Waals surface area (Å²) in [6.45, 7) is 14.5. The number of aryl methyl sites for hydroxylation is 1. The van der Waals surface area contributed by atoms with Gasteiger partial charge in [0.25, 0.3) is 0 Å². The zero-order valence-electron chi connectivity index (χ0n) is 24.2. The normalized spacial score (nSPS) is 14.7. The van der Waals surface area contributed by atoms with Crippen LogP contribution in [0.4, 0.5) is 0 Å². The summed E-state index contributed by atoms with van der Waals surface area (Å²) in [7, 11) is 0.516. The first-order valence-corrected chi connectivity index (χ1v) is 17.7. The molecule has 0 radical (unpaired) electrons. The summed E-state index contributed by atoms with van der Waals surface area (Å²) < 4.78 is 13.9. The molecular weight excluding hydrogens is 502 g/mol. The highest BCUT2D eigenvalue weighted by Crippen LogP contribution is 2.37. The van der Waals surface area contributed by atoms with E-state index in [1.165, 1.54) is 11.1 Å². The monoisotopic (exact) mass is 543 g/mol. The Morgan fingerprint density at radius 2 is 1.85 bits per heavy atom. The van der Waals surface area contributed by atoms with Crippen molar-refractivity contribution in [1.29, 1.82) is 0 Å². The highest BCUT2D eigenvalue weighted by atomic mass is 28.3. The van der Waals surface area contributed by atoms with E-state index in [2.05, 4.69) is 75.2 Å². The summed E-state index contributed by atoms with van der Waals surface area (Å²) in [5.41, 5.74) is 8.97. The molecule has 1 N–H and O–H groups in total. The van der Waals surface area contributed by atoms with Gasteiger partial charge in [-0.1, -0.05) is 37.8 Å². The number of hydrogen-bond acceptors (Lipinski definition) is 6. The highest BCUT2D eigenvalue weighted by molar-refractivity contribution is 6.76. The van der Waals surface area contributed by atoms with Crippen molar-refractivity contribution in [3.05, 3.63) is 59.4 Å². The van der Waals surface area contributed by atoms with Crippen molar-refractivity contribution in [3.63, 3.8) is 0 Å². The summed E-state index contributed by atoms with van der Waals surface area (Å²) in [5.74, 6) is 1.23. The van der Waals surface area contributed by atoms with Crippen LogP contribution in [0.2, 0.25) is 25.7 Å². The van der Waals surface area contributed by atoms with E-state index in [0.29, 0.717) is 12.6 Å². The maximum absolute atomic E-state index is 6.12. The van der Waals surface area contributed by atoms with E-state index >= 15 is 0 Å². The van der Waals surface area contributed by atoms with Gasteiger partial charge in [0.05, 0.1) is 12.6 Å². The summed E-state index contributed by atoms with van der Waals surface area (Å²) in [4.78, 5) is 10.1. The zero-order valence-corrected chi connectivity index (χ0v) is 25.2. The fraction of sp³-hybridized carbons (Fsp3) is 0.452. The van der Waals surface area contributed by atoms with Crippen LogP contribution in [0.15, 0.2) is 42.6 Å². The third-order valence-electron chi connectivity index (χ3n) is 7.80. The molecule has 4 heterocycles. The number of ether oxygens (including phenoxy) is 2. The van der Waals surface area contributed by atoms with E-state index < -0.39 is 8.07 Å². The van der Waals surface area contributed by atoms with Crippen molar-refractivity contribution in [2.45, 2.75) is 65.0 Å². The quantitative estimate of drug-likeness (QED) is 0.190. The van der Waals surface area contributed by atoms with Gasteiger partial charge < -0.3 is 14.8 Å². The molecule has 1 aliphatic heterocycles. The Bertz CT molecular complexity index is 1440. The van der Waals surface area contributed by atoms with E-state index in [9.17, 15) is 0 Å². The molecule has 0 spiro atoms. The lowest BCUT2D eigenvalue weighted by atomic mass is 9.94. The first kappa shape index (κ1) is 27.5. The van der Waals surface area contributed by atoms with Crippen LogP contribution in [-0.2, 0) is 11.5 Å². The van der Waals surface area contributed by atoms with Gasteiger partial charge in [-0.25, -0.2) is 9.67 Å². The summed E-state index contributed by atoms with van der Waals surface area (Å²) in [5, 5.41) is 8.46. The second-order valence-electron chi connectivity index (χ2n) is 11.8. The third kappa shape index (κ3) is 6.08. The molecule has 0 aliphatic carbocycles. The predicted molar refractivity (Wildman–Crippen MR) is 161 cm³/mol. The van der Waals surface area contributed by atoms with Crippen molar-refractivity contribution >= 4 is 19.1 Å². The van der Waals surface area contributed by atoms with E-state index in [-0.39, 0.29) is 0 Å². The number of fused-ring (bicyclic) bond motifs is 1. The number of hydrogen-bond donors (Lipinski definition) is 1. The Morgan fingerprint density at radius 3 is 2.54 bits per heavy atom. The topological polar surface area (TPSA) is 74.1 Å². The molecule has 0 saturated carbocycles. The molecule has 7 nitrogen and oxygen atoms in total. The molecule has 0 bridgehead atoms. The summed E-state index contributed by atoms with van der Waals surface area (Å²) in [6, 6.07) is 13.8. The second-order valence-corrected chi connectivity index (χ2v) is 17.5. The van der Waals surface area contributed by atoms with Gasteiger partial charge in [0.2, 0.25) is 0 Å². The number of piperidine rings is 1. The minimum absolute atomic E-state index is 0.370. The van der Waals surface area contributed by atoms with Crippen molar-refractivity contribution in [2.24, 2.45) is 0 Å². The minimum atomic E-state index is -1.19. The highest BCUT2D eigenvalue weighted by Gasteiger charge is 2.22. The number of nitrogens with one attached hydrogen (secondary N) is 1. The van der Waals surface area contributed by atoms with Crippen LogP contribution in [0.1, 0.15) is 35.6 Å². The van der Waals surface area contributed by atoms with Gasteiger partial charge in [0, 0.05) is 49.7 Å². The lowest BCUT2D eigenvalue weighted by Crippen LogP contribution is -2.27. The molecule has 3 aromatic heterocycles. The number of nitrogens with zero attached hydrogens (tertiary/aromatic N) is 4. The Kier molecular flexibility index (Phi) is 8.16. The Hall–Kier alpha value is -3.07. The van der Waals surface area contributed by atoms with E-state index in [1.807, 2.05) is 10.9 Å². The van der Waals surface area contributed by atoms with Crippen LogP contribution in [0.3, 0.4) is 0 Å². The second kappa shape index (κ2) is 11.6. The molecule has 5 rings (SSSR count). The van der Waals surface area contributed by atoms with Crippen LogP contribution < -0.4 is 10.1 Å². The van der Waals surface area contributed by atoms with E-state index in [1.54, 1.807) is 7.11 Å². The molecule has 1 aliphatic rings. The van der Waals surface area contributed by atoms with Crippen LogP contribution in [-0.4, -0.2) is 54.6 Å². The molecule has 1 fully saturated rings. The van der Waals surface area contributed by atoms with Crippen LogP contribution in [0, 0.1) is 13.8 Å². The zero-order chi connectivity index (χ0) is 27.6. The number of benzene rings is 1. The largest absolute Gasteiger partial charge is 0.494 e. The van der Waals surface area contributed by atoms with E-state index in [0.717, 1.165) is 83.6 Å². The average molecular weight is 544 g/mol. The molecule has 0 atom stereocenters. The Morgan fingerprint density at radius 1 is 1.05 bits per heavy atom. The lowest BCUT2D eigenvalue weighted by molar-refractivity contribution is 0.0818. The molecule has 206 valence electrons. The Labute approximate surface area is 233 Å². The molecule has 1 saturated heterocycles. The van der Waals surface area contributed by atoms with Crippen molar-refractivity contribution in [2.75, 3.05) is 26.8 Å². The first-order chi connectivity index (χ1) is 18.7. The molecule has 8 heteroatoms. The third-order valence-corrected chi connectivity index (χ3v) is 9.50. The molecule has 4 aromatic rings. The molecule has 0 amide bonds. The van der Waals surface area contributed by atoms with Crippen molar-refractivity contribution in [3.8, 4) is 28.3 Å². The number of aromatic nitrogens is 4. The maximum Gasteiger partial charge on any atom is 0.147 e. The number of methoxy groups -OCH3 is 1. The van der Waals surface area contributed by atoms with E-state index in [4.69, 9.17) is 24.5 Å². The Balaban J connectivity index is 1.58. The lowest BCUT2D eigenvalue weighted by Gasteiger charge is -2.22. The van der Waals surface area contributed by atoms with Gasteiger partial charge in [-0.3, -0.25) is 4.98 Å². The van der Waals surface area contributed by atoms with Crippen LogP contribution in [0.5, 0.6) is 5.75 Å². The van der Waals surface area contributed by atoms with Crippen LogP contribution in [0.25, 0.3) is 33.5 Å². The smallest absolute Gasteiger partial charge is 0.147 e. The molecular formula is C31H41N5O2Si. The van der Waals surface area contributed by atoms with Gasteiger partial charge in [0.15, 0.2) is 0 Å². The van der Waals surface area contributed by atoms with Gasteiger partial charge in [-0.15, -0.1) is 0 Å². The fourth-order valence-corrected chi connectivity index (χ4v) is 5.92.